The second-order valence-corrected chi connectivity index (χ2v) is 7.11. The first-order valence-corrected chi connectivity index (χ1v) is 8.76. The Morgan fingerprint density at radius 3 is 2.36 bits per heavy atom. The van der Waals surface area contributed by atoms with E-state index in [0.717, 1.165) is 11.3 Å². The lowest BCUT2D eigenvalue weighted by Crippen LogP contribution is -2.43. The molecule has 2 heterocycles. The Morgan fingerprint density at radius 2 is 1.76 bits per heavy atom. The normalized spacial score (nSPS) is 21.7. The van der Waals surface area contributed by atoms with Crippen LogP contribution in [0.3, 0.4) is 0 Å². The monoisotopic (exact) mass is 344 g/mol. The number of hydrogen-bond donors (Lipinski definition) is 1. The number of carboxylic acid groups (broad SMARTS) is 1. The molecule has 2 amide bonds. The highest BCUT2D eigenvalue weighted by molar-refractivity contribution is 6.00. The largest absolute Gasteiger partial charge is 0.481 e. The summed E-state index contributed by atoms with van der Waals surface area (Å²) in [6, 6.07) is 5.90. The van der Waals surface area contributed by atoms with Gasteiger partial charge in [0.25, 0.3) is 0 Å². The van der Waals surface area contributed by atoms with Crippen LogP contribution in [-0.2, 0) is 14.4 Å². The average molecular weight is 344 g/mol. The molecular weight excluding hydrogens is 320 g/mol. The lowest BCUT2D eigenvalue weighted by atomic mass is 9.95. The maximum atomic E-state index is 12.7. The summed E-state index contributed by atoms with van der Waals surface area (Å²) in [7, 11) is 0. The Balaban J connectivity index is 1.65. The molecule has 2 fully saturated rings. The molecule has 6 heteroatoms. The number of aryl methyl sites for hydroxylation is 2. The van der Waals surface area contributed by atoms with Crippen molar-refractivity contribution in [3.8, 4) is 0 Å². The molecule has 2 aliphatic rings. The average Bonchev–Trinajstić information content (AvgIpc) is 2.98. The van der Waals surface area contributed by atoms with Crippen molar-refractivity contribution in [3.05, 3.63) is 29.3 Å². The fraction of sp³-hybridized carbons (Fsp3) is 0.526. The van der Waals surface area contributed by atoms with Crippen molar-refractivity contribution < 1.29 is 19.5 Å². The molecule has 134 valence electrons. The second kappa shape index (κ2) is 6.86. The van der Waals surface area contributed by atoms with E-state index in [2.05, 4.69) is 0 Å². The Labute approximate surface area is 147 Å². The summed E-state index contributed by atoms with van der Waals surface area (Å²) in [6.07, 6.45) is 1.20. The first kappa shape index (κ1) is 17.5. The molecule has 0 spiro atoms. The maximum Gasteiger partial charge on any atom is 0.306 e. The SMILES string of the molecule is Cc1ccc(N2C[C@H](C(=O)N3CCC(C(=O)O)CC3)CC2=O)cc1C. The highest BCUT2D eigenvalue weighted by Crippen LogP contribution is 2.29. The highest BCUT2D eigenvalue weighted by atomic mass is 16.4. The molecule has 2 aliphatic heterocycles. The van der Waals surface area contributed by atoms with Gasteiger partial charge < -0.3 is 14.9 Å². The number of hydrogen-bond acceptors (Lipinski definition) is 3. The molecule has 0 aromatic heterocycles. The van der Waals surface area contributed by atoms with Crippen molar-refractivity contribution in [2.24, 2.45) is 11.8 Å². The van der Waals surface area contributed by atoms with Crippen molar-refractivity contribution in [2.45, 2.75) is 33.1 Å². The summed E-state index contributed by atoms with van der Waals surface area (Å²) in [5.41, 5.74) is 3.13. The number of benzene rings is 1. The minimum Gasteiger partial charge on any atom is -0.481 e. The van der Waals surface area contributed by atoms with E-state index in [0.29, 0.717) is 32.5 Å². The van der Waals surface area contributed by atoms with Gasteiger partial charge in [-0.3, -0.25) is 14.4 Å². The molecule has 1 aromatic rings. The molecular formula is C19H24N2O4. The van der Waals surface area contributed by atoms with E-state index in [1.54, 1.807) is 9.80 Å². The van der Waals surface area contributed by atoms with Crippen LogP contribution in [0.1, 0.15) is 30.4 Å². The molecule has 0 saturated carbocycles. The van der Waals surface area contributed by atoms with E-state index in [9.17, 15) is 14.4 Å². The number of piperidine rings is 1. The molecule has 0 aliphatic carbocycles. The van der Waals surface area contributed by atoms with E-state index >= 15 is 0 Å². The van der Waals surface area contributed by atoms with Gasteiger partial charge in [0.2, 0.25) is 11.8 Å². The van der Waals surface area contributed by atoms with E-state index in [1.165, 1.54) is 5.56 Å². The van der Waals surface area contributed by atoms with Crippen LogP contribution in [0, 0.1) is 25.7 Å². The fourth-order valence-corrected chi connectivity index (χ4v) is 3.62. The van der Waals surface area contributed by atoms with Gasteiger partial charge >= 0.3 is 5.97 Å². The topological polar surface area (TPSA) is 77.9 Å². The van der Waals surface area contributed by atoms with Crippen LogP contribution in [-0.4, -0.2) is 47.4 Å². The number of nitrogens with zero attached hydrogens (tertiary/aromatic N) is 2. The summed E-state index contributed by atoms with van der Waals surface area (Å²) >= 11 is 0. The van der Waals surface area contributed by atoms with Crippen LogP contribution in [0.15, 0.2) is 18.2 Å². The van der Waals surface area contributed by atoms with Crippen LogP contribution < -0.4 is 4.90 Å². The Bertz CT molecular complexity index is 707. The zero-order valence-electron chi connectivity index (χ0n) is 14.7. The van der Waals surface area contributed by atoms with Gasteiger partial charge in [-0.25, -0.2) is 0 Å². The predicted molar refractivity (Wildman–Crippen MR) is 93.3 cm³/mol. The van der Waals surface area contributed by atoms with E-state index < -0.39 is 5.97 Å². The van der Waals surface area contributed by atoms with Gasteiger partial charge in [-0.2, -0.15) is 0 Å². The van der Waals surface area contributed by atoms with E-state index in [1.807, 2.05) is 32.0 Å². The Kier molecular flexibility index (Phi) is 4.79. The molecule has 6 nitrogen and oxygen atoms in total. The molecule has 1 N–H and O–H groups in total. The lowest BCUT2D eigenvalue weighted by molar-refractivity contribution is -0.146. The van der Waals surface area contributed by atoms with Gasteiger partial charge in [0.05, 0.1) is 11.8 Å². The molecule has 0 radical (unpaired) electrons. The van der Waals surface area contributed by atoms with Crippen molar-refractivity contribution in [1.82, 2.24) is 4.90 Å². The zero-order valence-corrected chi connectivity index (χ0v) is 14.7. The number of carboxylic acids is 1. The summed E-state index contributed by atoms with van der Waals surface area (Å²) < 4.78 is 0. The number of aliphatic carboxylic acids is 1. The van der Waals surface area contributed by atoms with Gasteiger partial charge in [-0.1, -0.05) is 6.07 Å². The molecule has 0 unspecified atom stereocenters. The first-order chi connectivity index (χ1) is 11.9. The summed E-state index contributed by atoms with van der Waals surface area (Å²) in [5.74, 6) is -1.54. The molecule has 25 heavy (non-hydrogen) atoms. The third-order valence-electron chi connectivity index (χ3n) is 5.43. The number of rotatable bonds is 3. The molecule has 1 aromatic carbocycles. The first-order valence-electron chi connectivity index (χ1n) is 8.76. The molecule has 2 saturated heterocycles. The van der Waals surface area contributed by atoms with Crippen molar-refractivity contribution in [2.75, 3.05) is 24.5 Å². The third-order valence-corrected chi connectivity index (χ3v) is 5.43. The molecule has 0 bridgehead atoms. The highest BCUT2D eigenvalue weighted by Gasteiger charge is 2.38. The number of likely N-dealkylation sites (tertiary alicyclic amines) is 1. The maximum absolute atomic E-state index is 12.7. The minimum atomic E-state index is -0.788. The van der Waals surface area contributed by atoms with Gasteiger partial charge in [-0.05, 0) is 49.9 Å². The van der Waals surface area contributed by atoms with Gasteiger partial charge in [-0.15, -0.1) is 0 Å². The number of carbonyl (C=O) groups excluding carboxylic acids is 2. The van der Waals surface area contributed by atoms with Crippen molar-refractivity contribution >= 4 is 23.5 Å². The van der Waals surface area contributed by atoms with Crippen molar-refractivity contribution in [3.63, 3.8) is 0 Å². The lowest BCUT2D eigenvalue weighted by Gasteiger charge is -2.31. The third kappa shape index (κ3) is 3.52. The second-order valence-electron chi connectivity index (χ2n) is 7.11. The smallest absolute Gasteiger partial charge is 0.306 e. The standard InChI is InChI=1S/C19H24N2O4/c1-12-3-4-16(9-13(12)2)21-11-15(10-17(21)22)18(23)20-7-5-14(6-8-20)19(24)25/h3-4,9,14-15H,5-8,10-11H2,1-2H3,(H,24,25)/t15-/m1/s1. The molecule has 3 rings (SSSR count). The van der Waals surface area contributed by atoms with Crippen LogP contribution >= 0.6 is 0 Å². The van der Waals surface area contributed by atoms with Crippen LogP contribution in [0.2, 0.25) is 0 Å². The number of anilines is 1. The minimum absolute atomic E-state index is 0.0245. The predicted octanol–water partition coefficient (Wildman–Crippen LogP) is 1.98. The van der Waals surface area contributed by atoms with E-state index in [4.69, 9.17) is 5.11 Å². The van der Waals surface area contributed by atoms with Gasteiger partial charge in [0.15, 0.2) is 0 Å². The number of carbonyl (C=O) groups is 3. The van der Waals surface area contributed by atoms with Gasteiger partial charge in [0, 0.05) is 31.7 Å². The fourth-order valence-electron chi connectivity index (χ4n) is 3.62. The van der Waals surface area contributed by atoms with Crippen LogP contribution in [0.25, 0.3) is 0 Å². The van der Waals surface area contributed by atoms with E-state index in [-0.39, 0.29) is 30.1 Å². The summed E-state index contributed by atoms with van der Waals surface area (Å²) in [6.45, 7) is 5.36. The van der Waals surface area contributed by atoms with Crippen LogP contribution in [0.4, 0.5) is 5.69 Å². The summed E-state index contributed by atoms with van der Waals surface area (Å²) in [4.78, 5) is 39.6. The van der Waals surface area contributed by atoms with Gasteiger partial charge in [0.1, 0.15) is 0 Å². The Hall–Kier alpha value is -2.37. The van der Waals surface area contributed by atoms with Crippen molar-refractivity contribution in [1.29, 1.82) is 0 Å². The molecule has 1 atom stereocenters. The zero-order chi connectivity index (χ0) is 18.1. The Morgan fingerprint density at radius 1 is 1.08 bits per heavy atom. The summed E-state index contributed by atoms with van der Waals surface area (Å²) in [5, 5.41) is 9.06. The number of amides is 2. The quantitative estimate of drug-likeness (QED) is 0.909. The van der Waals surface area contributed by atoms with Crippen LogP contribution in [0.5, 0.6) is 0 Å².